The van der Waals surface area contributed by atoms with Crippen molar-refractivity contribution in [3.63, 3.8) is 0 Å². The van der Waals surface area contributed by atoms with E-state index in [1.165, 1.54) is 5.57 Å². The molecule has 1 spiro atoms. The van der Waals surface area contributed by atoms with Gasteiger partial charge in [-0.3, -0.25) is 9.69 Å². The van der Waals surface area contributed by atoms with Gasteiger partial charge in [0.1, 0.15) is 5.75 Å². The molecule has 6 bridgehead atoms. The minimum Gasteiger partial charge on any atom is -0.506 e. The molecule has 6 nitrogen and oxygen atoms in total. The summed E-state index contributed by atoms with van der Waals surface area (Å²) in [5, 5.41) is 23.1. The van der Waals surface area contributed by atoms with Crippen LogP contribution in [0.5, 0.6) is 5.75 Å². The lowest BCUT2D eigenvalue weighted by molar-refractivity contribution is -0.163. The molecule has 7 atom stereocenters. The Bertz CT molecular complexity index is 975. The smallest absolute Gasteiger partial charge is 0.230 e. The number of amides is 1. The van der Waals surface area contributed by atoms with Crippen LogP contribution in [0.25, 0.3) is 0 Å². The molecule has 7 rings (SSSR count). The first kappa shape index (κ1) is 16.0. The fraction of sp³-hybridized carbons (Fsp3) is 0.591. The van der Waals surface area contributed by atoms with E-state index in [0.717, 1.165) is 18.5 Å². The second-order valence-corrected chi connectivity index (χ2v) is 9.58. The van der Waals surface area contributed by atoms with Gasteiger partial charge in [0.05, 0.1) is 47.9 Å². The van der Waals surface area contributed by atoms with E-state index < -0.39 is 11.0 Å². The Kier molecular flexibility index (Phi) is 2.64. The number of anilines is 1. The van der Waals surface area contributed by atoms with Crippen molar-refractivity contribution in [2.75, 3.05) is 25.1 Å². The minimum absolute atomic E-state index is 0.00898. The number of benzene rings is 1. The zero-order valence-corrected chi connectivity index (χ0v) is 15.8. The van der Waals surface area contributed by atoms with Gasteiger partial charge in [0.25, 0.3) is 0 Å². The first-order chi connectivity index (χ1) is 13.5. The van der Waals surface area contributed by atoms with Crippen molar-refractivity contribution in [1.29, 1.82) is 0 Å². The van der Waals surface area contributed by atoms with E-state index in [4.69, 9.17) is 4.74 Å². The highest BCUT2D eigenvalue weighted by atomic mass is 16.5. The number of likely N-dealkylation sites (N-methyl/N-ethyl adjacent to an activating group) is 1. The molecule has 1 unspecified atom stereocenters. The average molecular weight is 380 g/mol. The number of piperidine rings is 2. The molecule has 4 fully saturated rings. The van der Waals surface area contributed by atoms with Gasteiger partial charge in [-0.05, 0) is 49.6 Å². The van der Waals surface area contributed by atoms with Crippen molar-refractivity contribution in [2.24, 2.45) is 11.8 Å². The van der Waals surface area contributed by atoms with E-state index >= 15 is 0 Å². The Labute approximate surface area is 163 Å². The third kappa shape index (κ3) is 1.39. The predicted molar refractivity (Wildman–Crippen MR) is 101 cm³/mol. The number of likely N-dealkylation sites (tertiary alicyclic amines) is 1. The molecule has 1 amide bonds. The Hall–Kier alpha value is -1.89. The third-order valence-electron chi connectivity index (χ3n) is 8.85. The molecule has 2 saturated carbocycles. The quantitative estimate of drug-likeness (QED) is 0.661. The number of aliphatic hydroxyl groups is 1. The van der Waals surface area contributed by atoms with Crippen LogP contribution >= 0.6 is 0 Å². The lowest BCUT2D eigenvalue weighted by Crippen LogP contribution is -2.74. The van der Waals surface area contributed by atoms with Gasteiger partial charge in [-0.2, -0.15) is 0 Å². The van der Waals surface area contributed by atoms with Crippen LogP contribution in [-0.4, -0.2) is 65.0 Å². The van der Waals surface area contributed by atoms with Crippen molar-refractivity contribution in [3.05, 3.63) is 35.4 Å². The summed E-state index contributed by atoms with van der Waals surface area (Å²) in [5.41, 5.74) is 1.41. The maximum Gasteiger partial charge on any atom is 0.230 e. The number of rotatable bonds is 0. The number of carbonyl (C=O) groups is 1. The maximum absolute atomic E-state index is 13.3. The van der Waals surface area contributed by atoms with Gasteiger partial charge in [0.15, 0.2) is 0 Å². The van der Waals surface area contributed by atoms with E-state index in [1.807, 2.05) is 17.0 Å². The Balaban J connectivity index is 1.61. The second-order valence-electron chi connectivity index (χ2n) is 9.58. The highest BCUT2D eigenvalue weighted by Gasteiger charge is 2.79. The van der Waals surface area contributed by atoms with E-state index in [2.05, 4.69) is 18.0 Å². The van der Waals surface area contributed by atoms with E-state index in [1.54, 1.807) is 6.07 Å². The van der Waals surface area contributed by atoms with Crippen LogP contribution < -0.4 is 4.90 Å². The fourth-order valence-corrected chi connectivity index (χ4v) is 8.15. The molecule has 2 saturated heterocycles. The number of aromatic hydroxyl groups is 1. The van der Waals surface area contributed by atoms with Crippen molar-refractivity contribution in [2.45, 2.75) is 48.5 Å². The van der Waals surface area contributed by atoms with Crippen LogP contribution in [0.4, 0.5) is 5.69 Å². The number of carbonyl (C=O) groups excluding carboxylic acids is 1. The van der Waals surface area contributed by atoms with E-state index in [0.29, 0.717) is 25.1 Å². The standard InChI is InChI=1S/C22H24N2O4/c1-23-7-6-21-13-3-2-4-14(25)18(13)24-16(26)9-15-17(20(21)24)12-10-22(21,27)19(23)11(12)5-8-28-15/h2-5,12,15,17,19-20,25,27H,6-10H2,1H3/t12-,15-,17-,19?,20-,21-,22-/m0/s1. The van der Waals surface area contributed by atoms with E-state index in [-0.39, 0.29) is 41.7 Å². The molecule has 2 aliphatic carbocycles. The largest absolute Gasteiger partial charge is 0.506 e. The molecule has 1 aromatic carbocycles. The molecular weight excluding hydrogens is 356 g/mol. The summed E-state index contributed by atoms with van der Waals surface area (Å²) < 4.78 is 6.21. The monoisotopic (exact) mass is 380 g/mol. The van der Waals surface area contributed by atoms with Crippen LogP contribution in [0.1, 0.15) is 24.8 Å². The summed E-state index contributed by atoms with van der Waals surface area (Å²) in [6, 6.07) is 5.35. The van der Waals surface area contributed by atoms with Crippen LogP contribution in [0.3, 0.4) is 0 Å². The number of phenols is 1. The number of fused-ring (bicyclic) bond motifs is 2. The van der Waals surface area contributed by atoms with Gasteiger partial charge in [-0.15, -0.1) is 0 Å². The Morgan fingerprint density at radius 2 is 2.18 bits per heavy atom. The van der Waals surface area contributed by atoms with Gasteiger partial charge in [-0.25, -0.2) is 0 Å². The normalized spacial score (nSPS) is 47.6. The average Bonchev–Trinajstić information content (AvgIpc) is 3.06. The van der Waals surface area contributed by atoms with Gasteiger partial charge >= 0.3 is 0 Å². The van der Waals surface area contributed by atoms with Crippen LogP contribution in [0.2, 0.25) is 0 Å². The van der Waals surface area contributed by atoms with Gasteiger partial charge in [0, 0.05) is 5.92 Å². The highest BCUT2D eigenvalue weighted by molar-refractivity contribution is 6.01. The molecule has 6 aliphatic rings. The number of hydrogen-bond acceptors (Lipinski definition) is 5. The lowest BCUT2D eigenvalue weighted by atomic mass is 9.51. The molecule has 146 valence electrons. The molecule has 0 radical (unpaired) electrons. The minimum atomic E-state index is -0.936. The Morgan fingerprint density at radius 3 is 3.04 bits per heavy atom. The van der Waals surface area contributed by atoms with Crippen LogP contribution in [-0.2, 0) is 14.9 Å². The van der Waals surface area contributed by atoms with Crippen LogP contribution in [0.15, 0.2) is 29.8 Å². The summed E-state index contributed by atoms with van der Waals surface area (Å²) >= 11 is 0. The van der Waals surface area contributed by atoms with Crippen LogP contribution in [0, 0.1) is 11.8 Å². The van der Waals surface area contributed by atoms with Crippen molar-refractivity contribution < 1.29 is 19.7 Å². The summed E-state index contributed by atoms with van der Waals surface area (Å²) in [7, 11) is 2.10. The SMILES string of the molecule is CN1CC[C@@]23c4cccc(O)c4N4C(=O)C[C@@H]5OCC=C6C1[C@@]2(O)C[C@@H]6[C@@H]5[C@H]43. The summed E-state index contributed by atoms with van der Waals surface area (Å²) in [6.07, 6.45) is 3.91. The first-order valence-electron chi connectivity index (χ1n) is 10.4. The summed E-state index contributed by atoms with van der Waals surface area (Å²) in [6.45, 7) is 1.38. The highest BCUT2D eigenvalue weighted by Crippen LogP contribution is 2.71. The molecule has 4 aliphatic heterocycles. The van der Waals surface area contributed by atoms with Gasteiger partial charge in [0.2, 0.25) is 5.91 Å². The summed E-state index contributed by atoms with van der Waals surface area (Å²) in [4.78, 5) is 17.5. The predicted octanol–water partition coefficient (Wildman–Crippen LogP) is 1.16. The number of phenolic OH excluding ortho intramolecular Hbond substituents is 1. The molecule has 0 aromatic heterocycles. The number of nitrogens with zero attached hydrogens (tertiary/aromatic N) is 2. The van der Waals surface area contributed by atoms with E-state index in [9.17, 15) is 15.0 Å². The van der Waals surface area contributed by atoms with Crippen molar-refractivity contribution in [3.8, 4) is 5.75 Å². The molecule has 4 heterocycles. The van der Waals surface area contributed by atoms with Crippen molar-refractivity contribution in [1.82, 2.24) is 4.90 Å². The van der Waals surface area contributed by atoms with Gasteiger partial charge in [-0.1, -0.05) is 18.2 Å². The Morgan fingerprint density at radius 1 is 1.32 bits per heavy atom. The zero-order valence-electron chi connectivity index (χ0n) is 15.8. The van der Waals surface area contributed by atoms with Crippen molar-refractivity contribution >= 4 is 11.6 Å². The molecular formula is C22H24N2O4. The zero-order chi connectivity index (χ0) is 19.0. The van der Waals surface area contributed by atoms with Gasteiger partial charge < -0.3 is 19.8 Å². The molecule has 2 N–H and O–H groups in total. The number of hydrogen-bond donors (Lipinski definition) is 2. The molecule has 1 aromatic rings. The maximum atomic E-state index is 13.3. The topological polar surface area (TPSA) is 73.2 Å². The lowest BCUT2D eigenvalue weighted by Gasteiger charge is -2.61. The first-order valence-corrected chi connectivity index (χ1v) is 10.4. The fourth-order valence-electron chi connectivity index (χ4n) is 8.15. The number of ether oxygens (including phenoxy) is 1. The second kappa shape index (κ2) is 4.64. The summed E-state index contributed by atoms with van der Waals surface area (Å²) in [5.74, 6) is 0.547. The molecule has 28 heavy (non-hydrogen) atoms. The number of para-hydroxylation sites is 1. The molecule has 6 heteroatoms. The third-order valence-corrected chi connectivity index (χ3v) is 8.85.